The first-order valence-corrected chi connectivity index (χ1v) is 7.04. The van der Waals surface area contributed by atoms with Crippen LogP contribution in [0.1, 0.15) is 79.1 Å². The maximum atomic E-state index is 5.65. The first-order valence-electron chi connectivity index (χ1n) is 7.04. The minimum atomic E-state index is 0.318. The number of hydrogen-bond acceptors (Lipinski definition) is 2. The molecule has 3 N–H and O–H groups in total. The van der Waals surface area contributed by atoms with E-state index >= 15 is 0 Å². The van der Waals surface area contributed by atoms with Gasteiger partial charge < -0.3 is 0 Å². The molecule has 0 spiro atoms. The molecule has 0 amide bonds. The fraction of sp³-hybridized carbons (Fsp3) is 1.00. The van der Waals surface area contributed by atoms with E-state index in [9.17, 15) is 0 Å². The third-order valence-electron chi connectivity index (χ3n) is 3.90. The molecular weight excluding hydrogens is 196 g/mol. The second-order valence-corrected chi connectivity index (χ2v) is 5.62. The van der Waals surface area contributed by atoms with E-state index in [1.807, 2.05) is 0 Å². The van der Waals surface area contributed by atoms with E-state index < -0.39 is 0 Å². The molecular formula is C14H32N2. The number of nitrogens with two attached hydrogens (primary N) is 1. The summed E-state index contributed by atoms with van der Waals surface area (Å²) in [4.78, 5) is 0. The fourth-order valence-corrected chi connectivity index (χ4v) is 2.07. The Hall–Kier alpha value is -0.0800. The first-order chi connectivity index (χ1) is 7.58. The van der Waals surface area contributed by atoms with Gasteiger partial charge in [0.25, 0.3) is 0 Å². The van der Waals surface area contributed by atoms with Crippen molar-refractivity contribution in [3.8, 4) is 0 Å². The van der Waals surface area contributed by atoms with Gasteiger partial charge in [0, 0.05) is 6.04 Å². The summed E-state index contributed by atoms with van der Waals surface area (Å²) >= 11 is 0. The highest BCUT2D eigenvalue weighted by Gasteiger charge is 2.25. The quantitative estimate of drug-likeness (QED) is 0.337. The van der Waals surface area contributed by atoms with Crippen molar-refractivity contribution < 1.29 is 0 Å². The SMILES string of the molecule is CCCCCCCCC(NN)C(C)(C)CC. The molecule has 98 valence electrons. The van der Waals surface area contributed by atoms with Crippen molar-refractivity contribution in [2.45, 2.75) is 85.1 Å². The van der Waals surface area contributed by atoms with Crippen LogP contribution in [0.2, 0.25) is 0 Å². The zero-order valence-electron chi connectivity index (χ0n) is 11.8. The standard InChI is InChI=1S/C14H32N2/c1-5-7-8-9-10-11-12-13(16-15)14(3,4)6-2/h13,16H,5-12,15H2,1-4H3. The molecule has 0 aliphatic carbocycles. The molecule has 0 saturated carbocycles. The first kappa shape index (κ1) is 15.9. The van der Waals surface area contributed by atoms with Crippen LogP contribution in [0.3, 0.4) is 0 Å². The van der Waals surface area contributed by atoms with Gasteiger partial charge in [-0.1, -0.05) is 66.2 Å². The molecule has 0 rings (SSSR count). The van der Waals surface area contributed by atoms with E-state index in [-0.39, 0.29) is 0 Å². The van der Waals surface area contributed by atoms with Crippen molar-refractivity contribution in [1.29, 1.82) is 0 Å². The second-order valence-electron chi connectivity index (χ2n) is 5.62. The van der Waals surface area contributed by atoms with Crippen LogP contribution in [0.4, 0.5) is 0 Å². The van der Waals surface area contributed by atoms with Gasteiger partial charge in [-0.3, -0.25) is 11.3 Å². The topological polar surface area (TPSA) is 38.0 Å². The minimum absolute atomic E-state index is 0.318. The number of unbranched alkanes of at least 4 members (excludes halogenated alkanes) is 5. The smallest absolute Gasteiger partial charge is 0.0261 e. The van der Waals surface area contributed by atoms with Gasteiger partial charge in [0.15, 0.2) is 0 Å². The summed E-state index contributed by atoms with van der Waals surface area (Å²) in [5.41, 5.74) is 3.31. The molecule has 0 aromatic heterocycles. The molecule has 16 heavy (non-hydrogen) atoms. The molecule has 0 radical (unpaired) electrons. The van der Waals surface area contributed by atoms with Crippen molar-refractivity contribution >= 4 is 0 Å². The highest BCUT2D eigenvalue weighted by molar-refractivity contribution is 4.81. The molecule has 0 saturated heterocycles. The lowest BCUT2D eigenvalue weighted by atomic mass is 9.80. The number of rotatable bonds is 10. The molecule has 0 aliphatic rings. The summed E-state index contributed by atoms with van der Waals surface area (Å²) in [6, 6.07) is 0.462. The van der Waals surface area contributed by atoms with E-state index in [4.69, 9.17) is 5.84 Å². The highest BCUT2D eigenvalue weighted by Crippen LogP contribution is 2.27. The summed E-state index contributed by atoms with van der Waals surface area (Å²) in [5, 5.41) is 0. The van der Waals surface area contributed by atoms with E-state index in [0.29, 0.717) is 11.5 Å². The van der Waals surface area contributed by atoms with Crippen LogP contribution in [-0.4, -0.2) is 6.04 Å². The third kappa shape index (κ3) is 6.49. The third-order valence-corrected chi connectivity index (χ3v) is 3.90. The van der Waals surface area contributed by atoms with Crippen molar-refractivity contribution in [3.63, 3.8) is 0 Å². The van der Waals surface area contributed by atoms with Gasteiger partial charge in [-0.15, -0.1) is 0 Å². The van der Waals surface area contributed by atoms with Crippen molar-refractivity contribution in [2.24, 2.45) is 11.3 Å². The number of hydrazine groups is 1. The van der Waals surface area contributed by atoms with Crippen LogP contribution in [-0.2, 0) is 0 Å². The molecule has 2 heteroatoms. The van der Waals surface area contributed by atoms with Crippen LogP contribution < -0.4 is 11.3 Å². The Kier molecular flexibility index (Phi) is 8.96. The Morgan fingerprint density at radius 1 is 1.00 bits per heavy atom. The normalized spacial score (nSPS) is 14.1. The van der Waals surface area contributed by atoms with Gasteiger partial charge in [-0.05, 0) is 18.3 Å². The Balaban J connectivity index is 3.64. The zero-order chi connectivity index (χ0) is 12.4. The zero-order valence-corrected chi connectivity index (χ0v) is 11.8. The summed E-state index contributed by atoms with van der Waals surface area (Å²) in [5.74, 6) is 5.65. The lowest BCUT2D eigenvalue weighted by Crippen LogP contribution is -2.45. The van der Waals surface area contributed by atoms with Gasteiger partial charge >= 0.3 is 0 Å². The second kappa shape index (κ2) is 9.00. The molecule has 0 aliphatic heterocycles. The Labute approximate surface area is 102 Å². The summed E-state index contributed by atoms with van der Waals surface area (Å²) in [7, 11) is 0. The lowest BCUT2D eigenvalue weighted by molar-refractivity contribution is 0.217. The summed E-state index contributed by atoms with van der Waals surface area (Å²) < 4.78 is 0. The average molecular weight is 228 g/mol. The number of hydrogen-bond donors (Lipinski definition) is 2. The molecule has 0 heterocycles. The van der Waals surface area contributed by atoms with E-state index in [1.165, 1.54) is 51.4 Å². The van der Waals surface area contributed by atoms with Crippen LogP contribution in [0.5, 0.6) is 0 Å². The Morgan fingerprint density at radius 2 is 1.56 bits per heavy atom. The predicted molar refractivity (Wildman–Crippen MR) is 73.2 cm³/mol. The van der Waals surface area contributed by atoms with Crippen LogP contribution in [0.25, 0.3) is 0 Å². The Bertz CT molecular complexity index is 155. The van der Waals surface area contributed by atoms with Gasteiger partial charge in [-0.25, -0.2) is 0 Å². The summed E-state index contributed by atoms with van der Waals surface area (Å²) in [6.45, 7) is 9.10. The molecule has 0 bridgehead atoms. The van der Waals surface area contributed by atoms with Crippen molar-refractivity contribution in [1.82, 2.24) is 5.43 Å². The van der Waals surface area contributed by atoms with Crippen LogP contribution >= 0.6 is 0 Å². The lowest BCUT2D eigenvalue weighted by Gasteiger charge is -2.33. The Morgan fingerprint density at radius 3 is 2.06 bits per heavy atom. The van der Waals surface area contributed by atoms with E-state index in [0.717, 1.165) is 0 Å². The van der Waals surface area contributed by atoms with Crippen molar-refractivity contribution in [2.75, 3.05) is 0 Å². The predicted octanol–water partition coefficient (Wildman–Crippen LogP) is 4.01. The molecule has 1 unspecified atom stereocenters. The molecule has 1 atom stereocenters. The van der Waals surface area contributed by atoms with Gasteiger partial charge in [0.05, 0.1) is 0 Å². The molecule has 0 fully saturated rings. The monoisotopic (exact) mass is 228 g/mol. The molecule has 0 aromatic carbocycles. The molecule has 0 aromatic rings. The van der Waals surface area contributed by atoms with Gasteiger partial charge in [0.1, 0.15) is 0 Å². The van der Waals surface area contributed by atoms with Gasteiger partial charge in [-0.2, -0.15) is 0 Å². The average Bonchev–Trinajstić information content (AvgIpc) is 2.28. The fourth-order valence-electron chi connectivity index (χ4n) is 2.07. The number of nitrogens with one attached hydrogen (secondary N) is 1. The highest BCUT2D eigenvalue weighted by atomic mass is 15.2. The molecule has 2 nitrogen and oxygen atoms in total. The maximum absolute atomic E-state index is 5.65. The van der Waals surface area contributed by atoms with Crippen LogP contribution in [0.15, 0.2) is 0 Å². The largest absolute Gasteiger partial charge is 0.271 e. The summed E-state index contributed by atoms with van der Waals surface area (Å²) in [6.07, 6.45) is 10.6. The minimum Gasteiger partial charge on any atom is -0.271 e. The van der Waals surface area contributed by atoms with E-state index in [2.05, 4.69) is 33.1 Å². The maximum Gasteiger partial charge on any atom is 0.0261 e. The van der Waals surface area contributed by atoms with E-state index in [1.54, 1.807) is 0 Å². The van der Waals surface area contributed by atoms with Gasteiger partial charge in [0.2, 0.25) is 0 Å². The van der Waals surface area contributed by atoms with Crippen LogP contribution in [0, 0.1) is 5.41 Å². The van der Waals surface area contributed by atoms with Crippen molar-refractivity contribution in [3.05, 3.63) is 0 Å².